The molecule has 134 valence electrons. The molecule has 0 fully saturated rings. The molecular weight excluding hydrogens is 344 g/mol. The number of halogens is 1. The number of hydrogen-bond donors (Lipinski definition) is 0. The number of hydrogen-bond acceptors (Lipinski definition) is 6. The van der Waals surface area contributed by atoms with Gasteiger partial charge in [0.15, 0.2) is 5.69 Å². The smallest absolute Gasteiger partial charge is 0.260 e. The van der Waals surface area contributed by atoms with Crippen LogP contribution in [0, 0.1) is 0 Å². The average molecular weight is 365 g/mol. The summed E-state index contributed by atoms with van der Waals surface area (Å²) in [4.78, 5) is 26.9. The third-order valence-electron chi connectivity index (χ3n) is 3.25. The minimum Gasteiger partial charge on any atom is -0.476 e. The van der Waals surface area contributed by atoms with Gasteiger partial charge in [-0.15, -0.1) is 0 Å². The lowest BCUT2D eigenvalue weighted by atomic mass is 10.2. The van der Waals surface area contributed by atoms with E-state index in [2.05, 4.69) is 15.0 Å². The predicted octanol–water partition coefficient (Wildman–Crippen LogP) is 3.38. The van der Waals surface area contributed by atoms with Gasteiger partial charge < -0.3 is 9.47 Å². The SMILES string of the molecule is CCCN(C(=O)c1ccc(Cl)nc1)c1c(OCC)ncnc1OCC. The van der Waals surface area contributed by atoms with Gasteiger partial charge in [-0.05, 0) is 32.4 Å². The fraction of sp³-hybridized carbons (Fsp3) is 0.412. The lowest BCUT2D eigenvalue weighted by Gasteiger charge is -2.25. The molecule has 2 aromatic rings. The van der Waals surface area contributed by atoms with E-state index in [1.165, 1.54) is 12.5 Å². The van der Waals surface area contributed by atoms with Crippen LogP contribution < -0.4 is 14.4 Å². The highest BCUT2D eigenvalue weighted by molar-refractivity contribution is 6.29. The van der Waals surface area contributed by atoms with Gasteiger partial charge in [-0.25, -0.2) is 4.98 Å². The summed E-state index contributed by atoms with van der Waals surface area (Å²) < 4.78 is 11.2. The monoisotopic (exact) mass is 364 g/mol. The normalized spacial score (nSPS) is 10.4. The van der Waals surface area contributed by atoms with Crippen molar-refractivity contribution in [1.82, 2.24) is 15.0 Å². The van der Waals surface area contributed by atoms with Gasteiger partial charge in [0, 0.05) is 12.7 Å². The molecule has 8 heteroatoms. The summed E-state index contributed by atoms with van der Waals surface area (Å²) in [5, 5.41) is 0.326. The number of anilines is 1. The van der Waals surface area contributed by atoms with E-state index in [1.54, 1.807) is 17.0 Å². The van der Waals surface area contributed by atoms with Gasteiger partial charge in [-0.3, -0.25) is 9.69 Å². The summed E-state index contributed by atoms with van der Waals surface area (Å²) in [6.07, 6.45) is 3.54. The van der Waals surface area contributed by atoms with E-state index in [0.29, 0.717) is 47.9 Å². The van der Waals surface area contributed by atoms with Gasteiger partial charge in [0.1, 0.15) is 11.5 Å². The third kappa shape index (κ3) is 4.57. The number of pyridine rings is 1. The zero-order chi connectivity index (χ0) is 18.2. The van der Waals surface area contributed by atoms with Crippen LogP contribution in [-0.4, -0.2) is 40.6 Å². The summed E-state index contributed by atoms with van der Waals surface area (Å²) in [5.41, 5.74) is 0.833. The second kappa shape index (κ2) is 9.17. The summed E-state index contributed by atoms with van der Waals surface area (Å²) in [7, 11) is 0. The van der Waals surface area contributed by atoms with E-state index >= 15 is 0 Å². The Labute approximate surface area is 152 Å². The Balaban J connectivity index is 2.51. The van der Waals surface area contributed by atoms with E-state index in [1.807, 2.05) is 20.8 Å². The summed E-state index contributed by atoms with van der Waals surface area (Å²) in [6.45, 7) is 6.95. The fourth-order valence-electron chi connectivity index (χ4n) is 2.26. The van der Waals surface area contributed by atoms with Crippen LogP contribution in [0.4, 0.5) is 5.69 Å². The van der Waals surface area contributed by atoms with Crippen molar-refractivity contribution in [3.05, 3.63) is 35.4 Å². The first kappa shape index (κ1) is 18.9. The number of ether oxygens (including phenoxy) is 2. The first-order chi connectivity index (χ1) is 12.1. The molecule has 0 aliphatic carbocycles. The Morgan fingerprint density at radius 2 is 1.72 bits per heavy atom. The maximum absolute atomic E-state index is 13.0. The van der Waals surface area contributed by atoms with Gasteiger partial charge in [-0.2, -0.15) is 9.97 Å². The molecule has 0 atom stereocenters. The summed E-state index contributed by atoms with van der Waals surface area (Å²) in [5.74, 6) is 0.372. The van der Waals surface area contributed by atoms with Crippen molar-refractivity contribution >= 4 is 23.2 Å². The highest BCUT2D eigenvalue weighted by atomic mass is 35.5. The zero-order valence-electron chi connectivity index (χ0n) is 14.5. The number of rotatable bonds is 8. The molecule has 2 heterocycles. The Bertz CT molecular complexity index is 685. The quantitative estimate of drug-likeness (QED) is 0.668. The minimum absolute atomic E-state index is 0.247. The number of nitrogens with zero attached hydrogens (tertiary/aromatic N) is 4. The highest BCUT2D eigenvalue weighted by Gasteiger charge is 2.26. The van der Waals surface area contributed by atoms with Crippen LogP contribution in [0.25, 0.3) is 0 Å². The third-order valence-corrected chi connectivity index (χ3v) is 3.48. The van der Waals surface area contributed by atoms with E-state index in [-0.39, 0.29) is 5.91 Å². The number of carbonyl (C=O) groups is 1. The van der Waals surface area contributed by atoms with Crippen molar-refractivity contribution in [3.63, 3.8) is 0 Å². The molecule has 0 N–H and O–H groups in total. The number of aromatic nitrogens is 3. The van der Waals surface area contributed by atoms with E-state index in [0.717, 1.165) is 6.42 Å². The van der Waals surface area contributed by atoms with Crippen LogP contribution >= 0.6 is 11.6 Å². The molecule has 0 unspecified atom stereocenters. The number of carbonyl (C=O) groups excluding carboxylic acids is 1. The van der Waals surface area contributed by atoms with Crippen molar-refractivity contribution in [1.29, 1.82) is 0 Å². The lowest BCUT2D eigenvalue weighted by Crippen LogP contribution is -2.33. The molecule has 0 radical (unpaired) electrons. The molecule has 0 aliphatic heterocycles. The maximum atomic E-state index is 13.0. The molecule has 1 amide bonds. The molecule has 0 aromatic carbocycles. The zero-order valence-corrected chi connectivity index (χ0v) is 15.3. The molecule has 25 heavy (non-hydrogen) atoms. The lowest BCUT2D eigenvalue weighted by molar-refractivity contribution is 0.0984. The van der Waals surface area contributed by atoms with E-state index in [4.69, 9.17) is 21.1 Å². The molecule has 2 aromatic heterocycles. The topological polar surface area (TPSA) is 77.4 Å². The van der Waals surface area contributed by atoms with Crippen molar-refractivity contribution < 1.29 is 14.3 Å². The van der Waals surface area contributed by atoms with Crippen molar-refractivity contribution in [2.24, 2.45) is 0 Å². The summed E-state index contributed by atoms with van der Waals surface area (Å²) >= 11 is 5.81. The highest BCUT2D eigenvalue weighted by Crippen LogP contribution is 2.35. The fourth-order valence-corrected chi connectivity index (χ4v) is 2.37. The second-order valence-electron chi connectivity index (χ2n) is 5.02. The van der Waals surface area contributed by atoms with E-state index in [9.17, 15) is 4.79 Å². The first-order valence-corrected chi connectivity index (χ1v) is 8.54. The van der Waals surface area contributed by atoms with Crippen LogP contribution in [0.2, 0.25) is 5.15 Å². The largest absolute Gasteiger partial charge is 0.476 e. The van der Waals surface area contributed by atoms with Gasteiger partial charge in [0.05, 0.1) is 18.8 Å². The van der Waals surface area contributed by atoms with Crippen LogP contribution in [-0.2, 0) is 0 Å². The molecule has 2 rings (SSSR count). The molecule has 0 saturated carbocycles. The molecule has 7 nitrogen and oxygen atoms in total. The minimum atomic E-state index is -0.247. The molecule has 0 aliphatic rings. The van der Waals surface area contributed by atoms with Crippen LogP contribution in [0.5, 0.6) is 11.8 Å². The average Bonchev–Trinajstić information content (AvgIpc) is 2.61. The van der Waals surface area contributed by atoms with Gasteiger partial charge in [-0.1, -0.05) is 18.5 Å². The van der Waals surface area contributed by atoms with Crippen molar-refractivity contribution in [2.75, 3.05) is 24.7 Å². The molecule has 0 bridgehead atoms. The van der Waals surface area contributed by atoms with Crippen LogP contribution in [0.15, 0.2) is 24.7 Å². The first-order valence-electron chi connectivity index (χ1n) is 8.16. The Kier molecular flexibility index (Phi) is 6.94. The van der Waals surface area contributed by atoms with Crippen LogP contribution in [0.3, 0.4) is 0 Å². The van der Waals surface area contributed by atoms with Crippen molar-refractivity contribution in [2.45, 2.75) is 27.2 Å². The predicted molar refractivity (Wildman–Crippen MR) is 95.6 cm³/mol. The standard InChI is InChI=1S/C17H21ClN4O3/c1-4-9-22(17(23)12-7-8-13(18)19-10-12)14-15(24-5-2)20-11-21-16(14)25-6-3/h7-8,10-11H,4-6,9H2,1-3H3. The molecule has 0 spiro atoms. The number of amides is 1. The van der Waals surface area contributed by atoms with Gasteiger partial charge in [0.25, 0.3) is 5.91 Å². The Morgan fingerprint density at radius 1 is 1.08 bits per heavy atom. The van der Waals surface area contributed by atoms with Crippen LogP contribution in [0.1, 0.15) is 37.6 Å². The van der Waals surface area contributed by atoms with Crippen molar-refractivity contribution in [3.8, 4) is 11.8 Å². The van der Waals surface area contributed by atoms with Gasteiger partial charge in [0.2, 0.25) is 11.8 Å². The second-order valence-corrected chi connectivity index (χ2v) is 5.41. The maximum Gasteiger partial charge on any atom is 0.260 e. The molecular formula is C17H21ClN4O3. The Hall–Kier alpha value is -2.41. The van der Waals surface area contributed by atoms with E-state index < -0.39 is 0 Å². The molecule has 0 saturated heterocycles. The summed E-state index contributed by atoms with van der Waals surface area (Å²) in [6, 6.07) is 3.21. The van der Waals surface area contributed by atoms with Gasteiger partial charge >= 0.3 is 0 Å². The Morgan fingerprint density at radius 3 is 2.20 bits per heavy atom.